The molecule has 0 spiro atoms. The summed E-state index contributed by atoms with van der Waals surface area (Å²) >= 11 is 0. The Labute approximate surface area is 160 Å². The lowest BCUT2D eigenvalue weighted by molar-refractivity contribution is -0.142. The minimum absolute atomic E-state index is 0.0135. The molecule has 1 aliphatic heterocycles. The van der Waals surface area contributed by atoms with Crippen LogP contribution in [0.5, 0.6) is 0 Å². The molecule has 27 heavy (non-hydrogen) atoms. The molecule has 4 rings (SSSR count). The van der Waals surface area contributed by atoms with Gasteiger partial charge in [-0.25, -0.2) is 0 Å². The van der Waals surface area contributed by atoms with Gasteiger partial charge in [0.1, 0.15) is 0 Å². The Bertz CT molecular complexity index is 764. The second-order valence-corrected chi connectivity index (χ2v) is 7.36. The van der Waals surface area contributed by atoms with Crippen molar-refractivity contribution in [1.29, 1.82) is 0 Å². The molecule has 0 N–H and O–H groups in total. The predicted octanol–water partition coefficient (Wildman–Crippen LogP) is 3.60. The molecule has 2 aromatic carbocycles. The molecule has 138 valence electrons. The molecule has 0 aromatic heterocycles. The van der Waals surface area contributed by atoms with E-state index in [0.717, 1.165) is 0 Å². The Kier molecular flexibility index (Phi) is 5.16. The van der Waals surface area contributed by atoms with Crippen molar-refractivity contribution in [3.8, 4) is 0 Å². The summed E-state index contributed by atoms with van der Waals surface area (Å²) in [4.78, 5) is 29.3. The van der Waals surface area contributed by atoms with Gasteiger partial charge in [0.25, 0.3) is 0 Å². The van der Waals surface area contributed by atoms with Crippen LogP contribution in [0.25, 0.3) is 0 Å². The van der Waals surface area contributed by atoms with Crippen molar-refractivity contribution in [1.82, 2.24) is 9.80 Å². The first kappa shape index (κ1) is 17.7. The molecule has 0 unspecified atom stereocenters. The quantitative estimate of drug-likeness (QED) is 0.584. The number of amides is 2. The van der Waals surface area contributed by atoms with Crippen molar-refractivity contribution in [2.75, 3.05) is 6.67 Å². The lowest BCUT2D eigenvalue weighted by Gasteiger charge is -2.27. The van der Waals surface area contributed by atoms with E-state index in [1.807, 2.05) is 48.6 Å². The van der Waals surface area contributed by atoms with Gasteiger partial charge in [0.05, 0.1) is 18.5 Å². The lowest BCUT2D eigenvalue weighted by Crippen LogP contribution is -2.41. The van der Waals surface area contributed by atoms with Gasteiger partial charge in [0.2, 0.25) is 11.8 Å². The van der Waals surface area contributed by atoms with E-state index in [2.05, 4.69) is 29.2 Å². The zero-order valence-electron chi connectivity index (χ0n) is 15.3. The minimum atomic E-state index is -0.169. The molecular formula is C23H24N2O2. The van der Waals surface area contributed by atoms with Crippen LogP contribution in [0.4, 0.5) is 0 Å². The standard InChI is InChI=1S/C23H24N2O2/c26-22-20-13-7-8-14-21(20)23(27)25(22)17-24(15-18-9-3-1-4-10-18)16-19-11-5-2-6-12-19/h1-12,20-21H,13-17H2/t20-,21+. The third-order valence-electron chi connectivity index (χ3n) is 5.44. The smallest absolute Gasteiger partial charge is 0.234 e. The number of nitrogens with zero attached hydrogens (tertiary/aromatic N) is 2. The lowest BCUT2D eigenvalue weighted by atomic mass is 9.85. The van der Waals surface area contributed by atoms with Crippen LogP contribution >= 0.6 is 0 Å². The van der Waals surface area contributed by atoms with Crippen molar-refractivity contribution in [2.24, 2.45) is 11.8 Å². The van der Waals surface area contributed by atoms with Crippen molar-refractivity contribution >= 4 is 11.8 Å². The Morgan fingerprint density at radius 1 is 0.741 bits per heavy atom. The highest BCUT2D eigenvalue weighted by Gasteiger charge is 2.47. The van der Waals surface area contributed by atoms with Crippen molar-refractivity contribution < 1.29 is 9.59 Å². The maximum absolute atomic E-state index is 12.8. The number of imide groups is 1. The molecule has 0 saturated carbocycles. The summed E-state index contributed by atoms with van der Waals surface area (Å²) in [6, 6.07) is 20.4. The zero-order valence-corrected chi connectivity index (χ0v) is 15.3. The highest BCUT2D eigenvalue weighted by molar-refractivity contribution is 6.05. The van der Waals surface area contributed by atoms with E-state index in [0.29, 0.717) is 32.6 Å². The summed E-state index contributed by atoms with van der Waals surface area (Å²) in [5, 5.41) is 0. The Balaban J connectivity index is 1.53. The fraction of sp³-hybridized carbons (Fsp3) is 0.304. The summed E-state index contributed by atoms with van der Waals surface area (Å²) in [5.74, 6) is -0.364. The molecular weight excluding hydrogens is 336 g/mol. The molecule has 1 heterocycles. The van der Waals surface area contributed by atoms with Gasteiger partial charge in [0, 0.05) is 13.1 Å². The third kappa shape index (κ3) is 3.86. The van der Waals surface area contributed by atoms with Crippen molar-refractivity contribution in [3.63, 3.8) is 0 Å². The first-order valence-electron chi connectivity index (χ1n) is 9.53. The molecule has 2 aromatic rings. The highest BCUT2D eigenvalue weighted by Crippen LogP contribution is 2.35. The molecule has 1 saturated heterocycles. The second kappa shape index (κ2) is 7.89. The topological polar surface area (TPSA) is 40.6 Å². The van der Waals surface area contributed by atoms with E-state index in [9.17, 15) is 9.59 Å². The SMILES string of the molecule is O=C1[C@H]2CC=CC[C@H]2C(=O)N1CN(Cc1ccccc1)Cc1ccccc1. The summed E-state index contributed by atoms with van der Waals surface area (Å²) in [7, 11) is 0. The van der Waals surface area contributed by atoms with E-state index < -0.39 is 0 Å². The maximum atomic E-state index is 12.8. The number of hydrogen-bond donors (Lipinski definition) is 0. The van der Waals surface area contributed by atoms with Crippen LogP contribution in [-0.2, 0) is 22.7 Å². The number of hydrogen-bond acceptors (Lipinski definition) is 3. The summed E-state index contributed by atoms with van der Waals surface area (Å²) in [6.07, 6.45) is 5.43. The predicted molar refractivity (Wildman–Crippen MR) is 104 cm³/mol. The fourth-order valence-electron chi connectivity index (χ4n) is 4.05. The number of fused-ring (bicyclic) bond motifs is 1. The molecule has 1 fully saturated rings. The van der Waals surface area contributed by atoms with Crippen LogP contribution in [-0.4, -0.2) is 28.3 Å². The van der Waals surface area contributed by atoms with Gasteiger partial charge in [-0.3, -0.25) is 19.4 Å². The first-order chi connectivity index (χ1) is 13.2. The monoisotopic (exact) mass is 360 g/mol. The van der Waals surface area contributed by atoms with E-state index in [-0.39, 0.29) is 23.7 Å². The van der Waals surface area contributed by atoms with Crippen LogP contribution in [0, 0.1) is 11.8 Å². The zero-order chi connectivity index (χ0) is 18.6. The fourth-order valence-corrected chi connectivity index (χ4v) is 4.05. The van der Waals surface area contributed by atoms with Crippen LogP contribution in [0.1, 0.15) is 24.0 Å². The third-order valence-corrected chi connectivity index (χ3v) is 5.44. The summed E-state index contributed by atoms with van der Waals surface area (Å²) in [5.41, 5.74) is 2.35. The molecule has 2 aliphatic rings. The second-order valence-electron chi connectivity index (χ2n) is 7.36. The molecule has 4 nitrogen and oxygen atoms in total. The van der Waals surface area contributed by atoms with Crippen LogP contribution < -0.4 is 0 Å². The van der Waals surface area contributed by atoms with E-state index in [1.165, 1.54) is 16.0 Å². The number of carbonyl (C=O) groups is 2. The Morgan fingerprint density at radius 2 is 1.19 bits per heavy atom. The van der Waals surface area contributed by atoms with E-state index >= 15 is 0 Å². The average molecular weight is 360 g/mol. The molecule has 0 radical (unpaired) electrons. The van der Waals surface area contributed by atoms with Crippen LogP contribution in [0.2, 0.25) is 0 Å². The minimum Gasteiger partial charge on any atom is -0.277 e. The van der Waals surface area contributed by atoms with Crippen molar-refractivity contribution in [3.05, 3.63) is 83.9 Å². The number of likely N-dealkylation sites (tertiary alicyclic amines) is 1. The highest BCUT2D eigenvalue weighted by atomic mass is 16.2. The van der Waals surface area contributed by atoms with Crippen LogP contribution in [0.15, 0.2) is 72.8 Å². The van der Waals surface area contributed by atoms with Gasteiger partial charge in [-0.15, -0.1) is 0 Å². The van der Waals surface area contributed by atoms with Gasteiger partial charge in [-0.1, -0.05) is 72.8 Å². The van der Waals surface area contributed by atoms with E-state index in [4.69, 9.17) is 0 Å². The van der Waals surface area contributed by atoms with Gasteiger partial charge < -0.3 is 0 Å². The number of allylic oxidation sites excluding steroid dienone is 2. The van der Waals surface area contributed by atoms with Gasteiger partial charge in [-0.2, -0.15) is 0 Å². The number of rotatable bonds is 6. The molecule has 4 heteroatoms. The molecule has 0 bridgehead atoms. The summed E-state index contributed by atoms with van der Waals surface area (Å²) in [6.45, 7) is 1.73. The average Bonchev–Trinajstić information content (AvgIpc) is 2.95. The van der Waals surface area contributed by atoms with Crippen molar-refractivity contribution in [2.45, 2.75) is 25.9 Å². The van der Waals surface area contributed by atoms with Crippen LogP contribution in [0.3, 0.4) is 0 Å². The van der Waals surface area contributed by atoms with Gasteiger partial charge in [0.15, 0.2) is 0 Å². The number of benzene rings is 2. The Morgan fingerprint density at radius 3 is 1.63 bits per heavy atom. The first-order valence-corrected chi connectivity index (χ1v) is 9.53. The largest absolute Gasteiger partial charge is 0.277 e. The maximum Gasteiger partial charge on any atom is 0.234 e. The normalized spacial score (nSPS) is 21.7. The number of carbonyl (C=O) groups excluding carboxylic acids is 2. The molecule has 2 atom stereocenters. The molecule has 1 aliphatic carbocycles. The van der Waals surface area contributed by atoms with Gasteiger partial charge >= 0.3 is 0 Å². The van der Waals surface area contributed by atoms with E-state index in [1.54, 1.807) is 0 Å². The summed E-state index contributed by atoms with van der Waals surface area (Å²) < 4.78 is 0. The van der Waals surface area contributed by atoms with Gasteiger partial charge in [-0.05, 0) is 24.0 Å². The Hall–Kier alpha value is -2.72. The molecule has 2 amide bonds.